The summed E-state index contributed by atoms with van der Waals surface area (Å²) in [4.78, 5) is 0. The second kappa shape index (κ2) is 6.89. The van der Waals surface area contributed by atoms with Gasteiger partial charge in [0.1, 0.15) is 17.7 Å². The summed E-state index contributed by atoms with van der Waals surface area (Å²) in [5, 5.41) is 0.0379. The summed E-state index contributed by atoms with van der Waals surface area (Å²) in [6.45, 7) is 0.271. The van der Waals surface area contributed by atoms with E-state index in [-0.39, 0.29) is 17.7 Å². The SMILES string of the molecule is NCC(Oc1cc(F)c(Cl)cc1Br)c1cccc(Br)c1. The molecule has 6 heteroatoms. The molecule has 0 spiro atoms. The molecule has 0 fully saturated rings. The van der Waals surface area contributed by atoms with Crippen molar-refractivity contribution in [1.82, 2.24) is 0 Å². The maximum absolute atomic E-state index is 13.5. The minimum atomic E-state index is -0.533. The summed E-state index contributed by atoms with van der Waals surface area (Å²) in [6.07, 6.45) is -0.371. The quantitative estimate of drug-likeness (QED) is 0.696. The van der Waals surface area contributed by atoms with Gasteiger partial charge in [-0.15, -0.1) is 0 Å². The molecule has 1 atom stereocenters. The predicted molar refractivity (Wildman–Crippen MR) is 85.7 cm³/mol. The van der Waals surface area contributed by atoms with Gasteiger partial charge in [-0.1, -0.05) is 39.7 Å². The Morgan fingerprint density at radius 1 is 1.25 bits per heavy atom. The summed E-state index contributed by atoms with van der Waals surface area (Å²) in [6, 6.07) is 10.3. The molecule has 0 aliphatic rings. The summed E-state index contributed by atoms with van der Waals surface area (Å²) in [5.41, 5.74) is 6.65. The molecule has 20 heavy (non-hydrogen) atoms. The van der Waals surface area contributed by atoms with E-state index in [0.717, 1.165) is 10.0 Å². The minimum Gasteiger partial charge on any atom is -0.483 e. The van der Waals surface area contributed by atoms with Crippen molar-refractivity contribution in [2.45, 2.75) is 6.10 Å². The molecular formula is C14H11Br2ClFNO. The molecule has 106 valence electrons. The number of halogens is 4. The topological polar surface area (TPSA) is 35.2 Å². The molecule has 0 saturated heterocycles. The highest BCUT2D eigenvalue weighted by Crippen LogP contribution is 2.33. The summed E-state index contributed by atoms with van der Waals surface area (Å²) in [7, 11) is 0. The van der Waals surface area contributed by atoms with E-state index in [4.69, 9.17) is 22.1 Å². The van der Waals surface area contributed by atoms with Gasteiger partial charge in [-0.2, -0.15) is 0 Å². The number of hydrogen-bond acceptors (Lipinski definition) is 2. The van der Waals surface area contributed by atoms with Gasteiger partial charge in [0, 0.05) is 17.1 Å². The van der Waals surface area contributed by atoms with E-state index in [9.17, 15) is 4.39 Å². The van der Waals surface area contributed by atoms with Gasteiger partial charge in [-0.25, -0.2) is 4.39 Å². The second-order valence-electron chi connectivity index (χ2n) is 4.09. The third kappa shape index (κ3) is 3.73. The Balaban J connectivity index is 2.29. The van der Waals surface area contributed by atoms with Crippen LogP contribution in [0.3, 0.4) is 0 Å². The molecule has 0 aromatic heterocycles. The minimum absolute atomic E-state index is 0.0379. The van der Waals surface area contributed by atoms with Crippen molar-refractivity contribution in [3.8, 4) is 5.75 Å². The molecular weight excluding hydrogens is 412 g/mol. The van der Waals surface area contributed by atoms with Crippen LogP contribution in [0.15, 0.2) is 45.3 Å². The van der Waals surface area contributed by atoms with Crippen molar-refractivity contribution >= 4 is 43.5 Å². The standard InChI is InChI=1S/C14H11Br2ClFNO/c15-9-3-1-2-8(4-9)14(7-19)20-13-6-12(18)11(17)5-10(13)16/h1-6,14H,7,19H2. The normalized spacial score (nSPS) is 12.2. The summed E-state index contributed by atoms with van der Waals surface area (Å²) in [5.74, 6) is -0.169. The van der Waals surface area contributed by atoms with Crippen LogP contribution < -0.4 is 10.5 Å². The van der Waals surface area contributed by atoms with Crippen LogP contribution in [0.4, 0.5) is 4.39 Å². The number of ether oxygens (including phenoxy) is 1. The van der Waals surface area contributed by atoms with Gasteiger partial charge in [-0.3, -0.25) is 0 Å². The Hall–Kier alpha value is -0.620. The Kier molecular flexibility index (Phi) is 5.43. The molecule has 2 aromatic carbocycles. The average molecular weight is 424 g/mol. The Morgan fingerprint density at radius 2 is 2.00 bits per heavy atom. The molecule has 0 heterocycles. The lowest BCUT2D eigenvalue weighted by atomic mass is 10.1. The van der Waals surface area contributed by atoms with E-state index in [1.807, 2.05) is 24.3 Å². The zero-order chi connectivity index (χ0) is 14.7. The van der Waals surface area contributed by atoms with Gasteiger partial charge in [0.15, 0.2) is 0 Å². The smallest absolute Gasteiger partial charge is 0.145 e. The Bertz CT molecular complexity index is 624. The predicted octanol–water partition coefficient (Wildman–Crippen LogP) is 5.08. The Morgan fingerprint density at radius 3 is 2.65 bits per heavy atom. The largest absolute Gasteiger partial charge is 0.483 e. The molecule has 0 radical (unpaired) electrons. The van der Waals surface area contributed by atoms with E-state index in [0.29, 0.717) is 10.2 Å². The molecule has 2 nitrogen and oxygen atoms in total. The van der Waals surface area contributed by atoms with Crippen LogP contribution in [0.1, 0.15) is 11.7 Å². The molecule has 0 amide bonds. The van der Waals surface area contributed by atoms with Crippen LogP contribution in [-0.2, 0) is 0 Å². The van der Waals surface area contributed by atoms with Gasteiger partial charge < -0.3 is 10.5 Å². The highest BCUT2D eigenvalue weighted by Gasteiger charge is 2.15. The van der Waals surface area contributed by atoms with E-state index >= 15 is 0 Å². The number of rotatable bonds is 4. The van der Waals surface area contributed by atoms with Crippen LogP contribution in [0.5, 0.6) is 5.75 Å². The molecule has 1 unspecified atom stereocenters. The van der Waals surface area contributed by atoms with E-state index in [2.05, 4.69) is 31.9 Å². The van der Waals surface area contributed by atoms with Gasteiger partial charge in [0.2, 0.25) is 0 Å². The first kappa shape index (κ1) is 15.8. The maximum atomic E-state index is 13.5. The van der Waals surface area contributed by atoms with E-state index in [1.54, 1.807) is 0 Å². The summed E-state index contributed by atoms with van der Waals surface area (Å²) < 4.78 is 20.8. The first-order chi connectivity index (χ1) is 9.51. The second-order valence-corrected chi connectivity index (χ2v) is 6.27. The van der Waals surface area contributed by atoms with Gasteiger partial charge >= 0.3 is 0 Å². The van der Waals surface area contributed by atoms with Crippen molar-refractivity contribution in [3.05, 3.63) is 61.7 Å². The van der Waals surface area contributed by atoms with Crippen LogP contribution >= 0.6 is 43.5 Å². The molecule has 2 rings (SSSR count). The third-order valence-electron chi connectivity index (χ3n) is 2.68. The van der Waals surface area contributed by atoms with Crippen LogP contribution in [0, 0.1) is 5.82 Å². The number of benzene rings is 2. The molecule has 2 aromatic rings. The lowest BCUT2D eigenvalue weighted by molar-refractivity contribution is 0.212. The first-order valence-corrected chi connectivity index (χ1v) is 7.74. The molecule has 0 aliphatic carbocycles. The van der Waals surface area contributed by atoms with Crippen molar-refractivity contribution < 1.29 is 9.13 Å². The van der Waals surface area contributed by atoms with Gasteiger partial charge in [0.05, 0.1) is 9.50 Å². The number of hydrogen-bond donors (Lipinski definition) is 1. The monoisotopic (exact) mass is 421 g/mol. The Labute approximate surface area is 138 Å². The zero-order valence-electron chi connectivity index (χ0n) is 10.2. The molecule has 2 N–H and O–H groups in total. The molecule has 0 saturated carbocycles. The lowest BCUT2D eigenvalue weighted by Crippen LogP contribution is -2.18. The average Bonchev–Trinajstić information content (AvgIpc) is 2.41. The van der Waals surface area contributed by atoms with Crippen LogP contribution in [-0.4, -0.2) is 6.54 Å². The van der Waals surface area contributed by atoms with E-state index < -0.39 is 5.82 Å². The van der Waals surface area contributed by atoms with Gasteiger partial charge in [0.25, 0.3) is 0 Å². The fraction of sp³-hybridized carbons (Fsp3) is 0.143. The molecule has 0 aliphatic heterocycles. The van der Waals surface area contributed by atoms with Crippen molar-refractivity contribution in [3.63, 3.8) is 0 Å². The fourth-order valence-electron chi connectivity index (χ4n) is 1.71. The lowest BCUT2D eigenvalue weighted by Gasteiger charge is -2.19. The summed E-state index contributed by atoms with van der Waals surface area (Å²) >= 11 is 12.4. The van der Waals surface area contributed by atoms with Crippen molar-refractivity contribution in [1.29, 1.82) is 0 Å². The first-order valence-electron chi connectivity index (χ1n) is 5.78. The third-order valence-corrected chi connectivity index (χ3v) is 4.08. The highest BCUT2D eigenvalue weighted by atomic mass is 79.9. The van der Waals surface area contributed by atoms with Crippen LogP contribution in [0.25, 0.3) is 0 Å². The maximum Gasteiger partial charge on any atom is 0.145 e. The van der Waals surface area contributed by atoms with Crippen LogP contribution in [0.2, 0.25) is 5.02 Å². The fourth-order valence-corrected chi connectivity index (χ4v) is 2.86. The molecule has 0 bridgehead atoms. The zero-order valence-corrected chi connectivity index (χ0v) is 14.2. The highest BCUT2D eigenvalue weighted by molar-refractivity contribution is 9.10. The van der Waals surface area contributed by atoms with Crippen molar-refractivity contribution in [2.75, 3.05) is 6.54 Å². The number of nitrogens with two attached hydrogens (primary N) is 1. The van der Waals surface area contributed by atoms with E-state index in [1.165, 1.54) is 12.1 Å². The van der Waals surface area contributed by atoms with Crippen molar-refractivity contribution in [2.24, 2.45) is 5.73 Å². The van der Waals surface area contributed by atoms with Gasteiger partial charge in [-0.05, 0) is 39.7 Å².